The average molecular weight is 262 g/mol. The molecule has 0 heterocycles. The van der Waals surface area contributed by atoms with Gasteiger partial charge in [0.1, 0.15) is 5.82 Å². The second-order valence-corrected chi connectivity index (χ2v) is 3.57. The highest BCUT2D eigenvalue weighted by Crippen LogP contribution is 2.23. The van der Waals surface area contributed by atoms with Crippen LogP contribution >= 0.6 is 15.9 Å². The molecule has 0 aromatic heterocycles. The topological polar surface area (TPSA) is 52.3 Å². The number of halogens is 2. The first-order valence-corrected chi connectivity index (χ1v) is 4.64. The molecule has 0 aliphatic heterocycles. The maximum Gasteiger partial charge on any atom is 0.310 e. The van der Waals surface area contributed by atoms with Gasteiger partial charge >= 0.3 is 5.97 Å². The van der Waals surface area contributed by atoms with Crippen LogP contribution < -0.4 is 5.73 Å². The molecule has 0 spiro atoms. The third-order valence-electron chi connectivity index (χ3n) is 1.71. The maximum absolute atomic E-state index is 13.3. The molecule has 0 aliphatic rings. The SMILES string of the molecule is COC(=O)Cc1c(F)cc(N)cc1Br. The normalized spacial score (nSPS) is 9.93. The van der Waals surface area contributed by atoms with Gasteiger partial charge in [0.15, 0.2) is 0 Å². The van der Waals surface area contributed by atoms with Gasteiger partial charge in [-0.15, -0.1) is 0 Å². The fourth-order valence-electron chi connectivity index (χ4n) is 1.01. The predicted octanol–water partition coefficient (Wildman–Crippen LogP) is 1.89. The summed E-state index contributed by atoms with van der Waals surface area (Å²) < 4.78 is 18.2. The monoisotopic (exact) mass is 261 g/mol. The maximum atomic E-state index is 13.3. The van der Waals surface area contributed by atoms with Crippen molar-refractivity contribution in [2.45, 2.75) is 6.42 Å². The Balaban J connectivity index is 3.02. The highest BCUT2D eigenvalue weighted by Gasteiger charge is 2.12. The zero-order valence-corrected chi connectivity index (χ0v) is 9.10. The summed E-state index contributed by atoms with van der Waals surface area (Å²) in [5.41, 5.74) is 5.97. The van der Waals surface area contributed by atoms with Gasteiger partial charge in [0.05, 0.1) is 13.5 Å². The molecule has 3 nitrogen and oxygen atoms in total. The van der Waals surface area contributed by atoms with E-state index in [2.05, 4.69) is 20.7 Å². The van der Waals surface area contributed by atoms with Crippen molar-refractivity contribution < 1.29 is 13.9 Å². The summed E-state index contributed by atoms with van der Waals surface area (Å²) in [5, 5.41) is 0. The molecule has 5 heteroatoms. The van der Waals surface area contributed by atoms with Gasteiger partial charge in [0.2, 0.25) is 0 Å². The molecule has 14 heavy (non-hydrogen) atoms. The van der Waals surface area contributed by atoms with E-state index < -0.39 is 11.8 Å². The smallest absolute Gasteiger partial charge is 0.310 e. The molecule has 1 aromatic carbocycles. The quantitative estimate of drug-likeness (QED) is 0.654. The first-order chi connectivity index (χ1) is 6.54. The van der Waals surface area contributed by atoms with Crippen LogP contribution in [0.3, 0.4) is 0 Å². The average Bonchev–Trinajstić information content (AvgIpc) is 2.10. The van der Waals surface area contributed by atoms with E-state index in [-0.39, 0.29) is 12.0 Å². The van der Waals surface area contributed by atoms with Gasteiger partial charge in [-0.3, -0.25) is 4.79 Å². The van der Waals surface area contributed by atoms with Crippen LogP contribution in [0.1, 0.15) is 5.56 Å². The molecule has 0 fully saturated rings. The minimum atomic E-state index is -0.512. The molecule has 0 bridgehead atoms. The summed E-state index contributed by atoms with van der Waals surface area (Å²) in [6, 6.07) is 2.71. The van der Waals surface area contributed by atoms with Crippen molar-refractivity contribution in [3.63, 3.8) is 0 Å². The van der Waals surface area contributed by atoms with Crippen LogP contribution in [0.4, 0.5) is 10.1 Å². The van der Waals surface area contributed by atoms with E-state index in [0.717, 1.165) is 0 Å². The van der Waals surface area contributed by atoms with Crippen LogP contribution in [-0.4, -0.2) is 13.1 Å². The van der Waals surface area contributed by atoms with Gasteiger partial charge in [0.25, 0.3) is 0 Å². The number of benzene rings is 1. The third-order valence-corrected chi connectivity index (χ3v) is 2.42. The van der Waals surface area contributed by atoms with Crippen molar-refractivity contribution in [1.82, 2.24) is 0 Å². The number of methoxy groups -OCH3 is 1. The van der Waals surface area contributed by atoms with Gasteiger partial charge in [-0.25, -0.2) is 4.39 Å². The van der Waals surface area contributed by atoms with Crippen molar-refractivity contribution in [2.24, 2.45) is 0 Å². The van der Waals surface area contributed by atoms with E-state index in [1.54, 1.807) is 6.07 Å². The van der Waals surface area contributed by atoms with Crippen LogP contribution in [0, 0.1) is 5.82 Å². The number of hydrogen-bond acceptors (Lipinski definition) is 3. The number of esters is 1. The number of carbonyl (C=O) groups excluding carboxylic acids is 1. The molecule has 0 amide bonds. The minimum Gasteiger partial charge on any atom is -0.469 e. The molecular formula is C9H9BrFNO2. The number of nitrogen functional groups attached to an aromatic ring is 1. The molecule has 0 saturated carbocycles. The van der Waals surface area contributed by atoms with E-state index in [4.69, 9.17) is 5.73 Å². The Labute approximate surface area is 89.2 Å². The van der Waals surface area contributed by atoms with Gasteiger partial charge in [0, 0.05) is 15.7 Å². The summed E-state index contributed by atoms with van der Waals surface area (Å²) in [5.74, 6) is -1.00. The Bertz CT molecular complexity index is 345. The zero-order chi connectivity index (χ0) is 10.7. The number of anilines is 1. The van der Waals surface area contributed by atoms with Crippen LogP contribution in [0.2, 0.25) is 0 Å². The van der Waals surface area contributed by atoms with E-state index in [1.165, 1.54) is 13.2 Å². The van der Waals surface area contributed by atoms with E-state index in [9.17, 15) is 9.18 Å². The lowest BCUT2D eigenvalue weighted by molar-refractivity contribution is -0.139. The van der Waals surface area contributed by atoms with Crippen LogP contribution in [0.5, 0.6) is 0 Å². The van der Waals surface area contributed by atoms with Crippen molar-refractivity contribution in [1.29, 1.82) is 0 Å². The molecule has 0 aliphatic carbocycles. The summed E-state index contributed by atoms with van der Waals surface area (Å²) in [6.07, 6.45) is -0.108. The molecule has 0 radical (unpaired) electrons. The van der Waals surface area contributed by atoms with Crippen LogP contribution in [0.25, 0.3) is 0 Å². The van der Waals surface area contributed by atoms with Crippen LogP contribution in [0.15, 0.2) is 16.6 Å². The first-order valence-electron chi connectivity index (χ1n) is 3.84. The fraction of sp³-hybridized carbons (Fsp3) is 0.222. The Hall–Kier alpha value is -1.10. The fourth-order valence-corrected chi connectivity index (χ4v) is 1.60. The largest absolute Gasteiger partial charge is 0.469 e. The van der Waals surface area contributed by atoms with Crippen molar-refractivity contribution in [2.75, 3.05) is 12.8 Å². The van der Waals surface area contributed by atoms with Gasteiger partial charge in [-0.05, 0) is 12.1 Å². The van der Waals surface area contributed by atoms with Gasteiger partial charge < -0.3 is 10.5 Å². The van der Waals surface area contributed by atoms with E-state index >= 15 is 0 Å². The Kier molecular flexibility index (Phi) is 3.46. The molecule has 1 aromatic rings. The summed E-state index contributed by atoms with van der Waals surface area (Å²) >= 11 is 3.13. The lowest BCUT2D eigenvalue weighted by Gasteiger charge is -2.05. The lowest BCUT2D eigenvalue weighted by atomic mass is 10.1. The highest BCUT2D eigenvalue weighted by molar-refractivity contribution is 9.10. The van der Waals surface area contributed by atoms with Crippen molar-refractivity contribution in [3.8, 4) is 0 Å². The summed E-state index contributed by atoms with van der Waals surface area (Å²) in [6.45, 7) is 0. The Morgan fingerprint density at radius 2 is 2.29 bits per heavy atom. The summed E-state index contributed by atoms with van der Waals surface area (Å²) in [4.78, 5) is 10.9. The van der Waals surface area contributed by atoms with Gasteiger partial charge in [-0.2, -0.15) is 0 Å². The first kappa shape index (κ1) is 11.0. The molecule has 1 rings (SSSR count). The van der Waals surface area contributed by atoms with E-state index in [1.807, 2.05) is 0 Å². The molecule has 2 N–H and O–H groups in total. The number of hydrogen-bond donors (Lipinski definition) is 1. The van der Waals surface area contributed by atoms with Crippen LogP contribution in [-0.2, 0) is 16.0 Å². The minimum absolute atomic E-state index is 0.108. The van der Waals surface area contributed by atoms with Crippen molar-refractivity contribution >= 4 is 27.6 Å². The lowest BCUT2D eigenvalue weighted by Crippen LogP contribution is -2.07. The zero-order valence-electron chi connectivity index (χ0n) is 7.51. The van der Waals surface area contributed by atoms with Crippen molar-refractivity contribution in [3.05, 3.63) is 28.0 Å². The molecule has 0 unspecified atom stereocenters. The van der Waals surface area contributed by atoms with Gasteiger partial charge in [-0.1, -0.05) is 15.9 Å². The predicted molar refractivity (Wildman–Crippen MR) is 54.2 cm³/mol. The number of carbonyl (C=O) groups is 1. The van der Waals surface area contributed by atoms with E-state index in [0.29, 0.717) is 10.2 Å². The third kappa shape index (κ3) is 2.45. The number of ether oxygens (including phenoxy) is 1. The standard InChI is InChI=1S/C9H9BrFNO2/c1-14-9(13)4-6-7(10)2-5(12)3-8(6)11/h2-3H,4,12H2,1H3. The molecular weight excluding hydrogens is 253 g/mol. The molecule has 0 atom stereocenters. The summed E-state index contributed by atoms with van der Waals surface area (Å²) in [7, 11) is 1.26. The second kappa shape index (κ2) is 4.41. The Morgan fingerprint density at radius 1 is 1.64 bits per heavy atom. The number of nitrogens with two attached hydrogens (primary N) is 1. The number of rotatable bonds is 2. The Morgan fingerprint density at radius 3 is 2.79 bits per heavy atom. The molecule has 0 saturated heterocycles. The highest BCUT2D eigenvalue weighted by atomic mass is 79.9. The second-order valence-electron chi connectivity index (χ2n) is 2.72. The molecule has 76 valence electrons.